The highest BCUT2D eigenvalue weighted by Gasteiger charge is 2.12. The molecule has 0 aliphatic heterocycles. The Hall–Kier alpha value is -1.60. The lowest BCUT2D eigenvalue weighted by atomic mass is 10.2. The number of urea groups is 1. The molecule has 0 saturated heterocycles. The summed E-state index contributed by atoms with van der Waals surface area (Å²) in [5, 5.41) is 11.6. The van der Waals surface area contributed by atoms with Crippen molar-refractivity contribution in [2.24, 2.45) is 0 Å². The molecule has 6 nitrogen and oxygen atoms in total. The molecule has 0 atom stereocenters. The van der Waals surface area contributed by atoms with E-state index in [9.17, 15) is 9.59 Å². The first-order valence-corrected chi connectivity index (χ1v) is 6.79. The number of ether oxygens (including phenoxy) is 1. The minimum Gasteiger partial charge on any atom is -0.478 e. The lowest BCUT2D eigenvalue weighted by Gasteiger charge is -2.18. The van der Waals surface area contributed by atoms with E-state index in [4.69, 9.17) is 9.84 Å². The van der Waals surface area contributed by atoms with Gasteiger partial charge in [0, 0.05) is 31.8 Å². The number of hydrogen-bond donors (Lipinski definition) is 2. The second-order valence-corrected chi connectivity index (χ2v) is 5.05. The molecule has 0 bridgehead atoms. The monoisotopic (exact) mass is 344 g/mol. The molecule has 1 aromatic rings. The number of carboxylic acids is 1. The van der Waals surface area contributed by atoms with Gasteiger partial charge in [-0.1, -0.05) is 0 Å². The molecule has 20 heavy (non-hydrogen) atoms. The van der Waals surface area contributed by atoms with Gasteiger partial charge in [-0.05, 0) is 40.5 Å². The van der Waals surface area contributed by atoms with Crippen LogP contribution in [0.25, 0.3) is 0 Å². The van der Waals surface area contributed by atoms with Crippen LogP contribution in [0.5, 0.6) is 0 Å². The van der Waals surface area contributed by atoms with Crippen LogP contribution in [0.3, 0.4) is 0 Å². The Balaban J connectivity index is 2.64. The largest absolute Gasteiger partial charge is 0.478 e. The van der Waals surface area contributed by atoms with Gasteiger partial charge in [0.05, 0.1) is 11.3 Å². The van der Waals surface area contributed by atoms with Crippen molar-refractivity contribution in [3.05, 3.63) is 28.2 Å². The highest BCUT2D eigenvalue weighted by atomic mass is 79.9. The van der Waals surface area contributed by atoms with Crippen LogP contribution >= 0.6 is 15.9 Å². The highest BCUT2D eigenvalue weighted by Crippen LogP contribution is 2.24. The van der Waals surface area contributed by atoms with Gasteiger partial charge in [-0.2, -0.15) is 0 Å². The summed E-state index contributed by atoms with van der Waals surface area (Å²) in [5.41, 5.74) is 0.682. The summed E-state index contributed by atoms with van der Waals surface area (Å²) in [6, 6.07) is 4.18. The number of hydrogen-bond acceptors (Lipinski definition) is 3. The summed E-state index contributed by atoms with van der Waals surface area (Å²) in [4.78, 5) is 24.3. The van der Waals surface area contributed by atoms with Gasteiger partial charge in [0.15, 0.2) is 0 Å². The van der Waals surface area contributed by atoms with Crippen LogP contribution in [0.4, 0.5) is 10.5 Å². The van der Waals surface area contributed by atoms with Gasteiger partial charge in [0.2, 0.25) is 0 Å². The zero-order valence-corrected chi connectivity index (χ0v) is 12.9. The molecule has 0 unspecified atom stereocenters. The third kappa shape index (κ3) is 4.82. The summed E-state index contributed by atoms with van der Waals surface area (Å²) in [6.07, 6.45) is 0.750. The molecular weight excluding hydrogens is 328 g/mol. The van der Waals surface area contributed by atoms with E-state index in [0.29, 0.717) is 23.3 Å². The van der Waals surface area contributed by atoms with Crippen molar-refractivity contribution in [3.63, 3.8) is 0 Å². The third-order valence-corrected chi connectivity index (χ3v) is 3.30. The molecule has 0 aliphatic carbocycles. The lowest BCUT2D eigenvalue weighted by molar-refractivity contribution is 0.0697. The number of anilines is 1. The van der Waals surface area contributed by atoms with E-state index in [2.05, 4.69) is 21.2 Å². The van der Waals surface area contributed by atoms with E-state index in [1.165, 1.54) is 17.0 Å². The van der Waals surface area contributed by atoms with Crippen molar-refractivity contribution in [1.29, 1.82) is 0 Å². The summed E-state index contributed by atoms with van der Waals surface area (Å²) < 4.78 is 5.45. The predicted octanol–water partition coefficient (Wildman–Crippen LogP) is 2.65. The van der Waals surface area contributed by atoms with Gasteiger partial charge in [-0.25, -0.2) is 9.59 Å². The van der Waals surface area contributed by atoms with Crippen molar-refractivity contribution in [2.75, 3.05) is 32.6 Å². The van der Waals surface area contributed by atoms with Crippen LogP contribution in [-0.4, -0.2) is 49.3 Å². The Morgan fingerprint density at radius 1 is 1.45 bits per heavy atom. The second kappa shape index (κ2) is 7.86. The first-order chi connectivity index (χ1) is 9.45. The zero-order valence-electron chi connectivity index (χ0n) is 11.4. The van der Waals surface area contributed by atoms with Crippen molar-refractivity contribution in [3.8, 4) is 0 Å². The number of aromatic carboxylic acids is 1. The smallest absolute Gasteiger partial charge is 0.335 e. The van der Waals surface area contributed by atoms with Crippen LogP contribution in [0.15, 0.2) is 22.7 Å². The molecule has 0 radical (unpaired) electrons. The van der Waals surface area contributed by atoms with Crippen LogP contribution < -0.4 is 5.32 Å². The number of nitrogens with zero attached hydrogens (tertiary/aromatic N) is 1. The number of amides is 2. The normalized spacial score (nSPS) is 10.2. The standard InChI is InChI=1S/C13H17BrN2O4/c1-16(6-3-7-20-2)13(19)15-11-5-4-9(12(17)18)8-10(11)14/h4-5,8H,3,6-7H2,1-2H3,(H,15,19)(H,17,18). The zero-order chi connectivity index (χ0) is 15.1. The number of carbonyl (C=O) groups is 2. The topological polar surface area (TPSA) is 78.9 Å². The SMILES string of the molecule is COCCCN(C)C(=O)Nc1ccc(C(=O)O)cc1Br. The van der Waals surface area contributed by atoms with E-state index in [0.717, 1.165) is 6.42 Å². The van der Waals surface area contributed by atoms with Crippen LogP contribution in [0.2, 0.25) is 0 Å². The van der Waals surface area contributed by atoms with Crippen molar-refractivity contribution in [2.45, 2.75) is 6.42 Å². The lowest BCUT2D eigenvalue weighted by Crippen LogP contribution is -2.32. The van der Waals surface area contributed by atoms with Crippen LogP contribution in [-0.2, 0) is 4.74 Å². The predicted molar refractivity (Wildman–Crippen MR) is 79.2 cm³/mol. The summed E-state index contributed by atoms with van der Waals surface area (Å²) in [6.45, 7) is 1.17. The van der Waals surface area contributed by atoms with Gasteiger partial charge in [-0.3, -0.25) is 0 Å². The molecule has 2 amide bonds. The number of carboxylic acid groups (broad SMARTS) is 1. The van der Waals surface area contributed by atoms with E-state index >= 15 is 0 Å². The average Bonchev–Trinajstić information content (AvgIpc) is 2.40. The van der Waals surface area contributed by atoms with Gasteiger partial charge in [0.25, 0.3) is 0 Å². The molecule has 0 spiro atoms. The Bertz CT molecular complexity index is 493. The van der Waals surface area contributed by atoms with E-state index in [1.54, 1.807) is 20.2 Å². The third-order valence-electron chi connectivity index (χ3n) is 2.65. The Morgan fingerprint density at radius 3 is 2.70 bits per heavy atom. The number of rotatable bonds is 6. The van der Waals surface area contributed by atoms with Crippen molar-refractivity contribution in [1.82, 2.24) is 4.90 Å². The molecule has 1 aromatic carbocycles. The minimum atomic E-state index is -1.01. The Labute approximate surface area is 125 Å². The van der Waals surface area contributed by atoms with E-state index in [1.807, 2.05) is 0 Å². The number of methoxy groups -OCH3 is 1. The fraction of sp³-hybridized carbons (Fsp3) is 0.385. The second-order valence-electron chi connectivity index (χ2n) is 4.20. The van der Waals surface area contributed by atoms with Crippen LogP contribution in [0, 0.1) is 0 Å². The highest BCUT2D eigenvalue weighted by molar-refractivity contribution is 9.10. The van der Waals surface area contributed by atoms with Gasteiger partial charge >= 0.3 is 12.0 Å². The molecule has 7 heteroatoms. The molecule has 0 aromatic heterocycles. The fourth-order valence-electron chi connectivity index (χ4n) is 1.51. The maximum Gasteiger partial charge on any atom is 0.335 e. The van der Waals surface area contributed by atoms with Gasteiger partial charge < -0.3 is 20.1 Å². The Kier molecular flexibility index (Phi) is 6.47. The number of halogens is 1. The van der Waals surface area contributed by atoms with Crippen LogP contribution in [0.1, 0.15) is 16.8 Å². The quantitative estimate of drug-likeness (QED) is 0.777. The molecule has 0 fully saturated rings. The van der Waals surface area contributed by atoms with Crippen molar-refractivity contribution >= 4 is 33.6 Å². The molecule has 0 heterocycles. The maximum absolute atomic E-state index is 11.9. The first kappa shape index (κ1) is 16.5. The molecule has 110 valence electrons. The Morgan fingerprint density at radius 2 is 2.15 bits per heavy atom. The molecular formula is C13H17BrN2O4. The van der Waals surface area contributed by atoms with Crippen molar-refractivity contribution < 1.29 is 19.4 Å². The molecule has 0 saturated carbocycles. The number of benzene rings is 1. The minimum absolute atomic E-state index is 0.156. The first-order valence-electron chi connectivity index (χ1n) is 5.99. The number of nitrogens with one attached hydrogen (secondary N) is 1. The maximum atomic E-state index is 11.9. The van der Waals surface area contributed by atoms with Gasteiger partial charge in [0.1, 0.15) is 0 Å². The molecule has 1 rings (SSSR count). The fourth-order valence-corrected chi connectivity index (χ4v) is 1.99. The number of carbonyl (C=O) groups excluding carboxylic acids is 1. The summed E-state index contributed by atoms with van der Waals surface area (Å²) in [5.74, 6) is -1.01. The van der Waals surface area contributed by atoms with E-state index in [-0.39, 0.29) is 11.6 Å². The molecule has 0 aliphatic rings. The summed E-state index contributed by atoms with van der Waals surface area (Å²) in [7, 11) is 3.30. The average molecular weight is 345 g/mol. The molecule has 2 N–H and O–H groups in total. The van der Waals surface area contributed by atoms with E-state index < -0.39 is 5.97 Å². The summed E-state index contributed by atoms with van der Waals surface area (Å²) >= 11 is 3.24. The van der Waals surface area contributed by atoms with Gasteiger partial charge in [-0.15, -0.1) is 0 Å².